The number of nitrogens with zero attached hydrogens (tertiary/aromatic N) is 2. The first-order valence-corrected chi connectivity index (χ1v) is 5.38. The first-order valence-electron chi connectivity index (χ1n) is 5.38. The van der Waals surface area contributed by atoms with Gasteiger partial charge in [0.2, 0.25) is 5.91 Å². The highest BCUT2D eigenvalue weighted by atomic mass is 19.1. The minimum absolute atomic E-state index is 0.0880. The average Bonchev–Trinajstić information content (AvgIpc) is 2.68. The van der Waals surface area contributed by atoms with Crippen molar-refractivity contribution < 1.29 is 9.18 Å². The zero-order valence-electron chi connectivity index (χ0n) is 9.85. The van der Waals surface area contributed by atoms with E-state index in [0.717, 1.165) is 11.6 Å². The number of nitrogens with one attached hydrogen (secondary N) is 1. The number of carbonyl (C=O) groups is 1. The summed E-state index contributed by atoms with van der Waals surface area (Å²) in [5, 5.41) is 6.60. The van der Waals surface area contributed by atoms with Crippen molar-refractivity contribution in [3.63, 3.8) is 0 Å². The number of nitrogen functional groups attached to an aromatic ring is 1. The summed E-state index contributed by atoms with van der Waals surface area (Å²) in [4.78, 5) is 11.7. The van der Waals surface area contributed by atoms with Crippen LogP contribution in [0, 0.1) is 12.7 Å². The Morgan fingerprint density at radius 1 is 1.56 bits per heavy atom. The highest BCUT2D eigenvalue weighted by Crippen LogP contribution is 2.18. The first-order chi connectivity index (χ1) is 8.54. The molecule has 0 fully saturated rings. The lowest BCUT2D eigenvalue weighted by Crippen LogP contribution is -2.19. The van der Waals surface area contributed by atoms with E-state index in [1.807, 2.05) is 6.92 Å². The minimum atomic E-state index is -0.437. The zero-order valence-corrected chi connectivity index (χ0v) is 9.85. The Bertz CT molecular complexity index is 579. The Kier molecular flexibility index (Phi) is 3.27. The van der Waals surface area contributed by atoms with Crippen LogP contribution in [0.3, 0.4) is 0 Å². The molecule has 0 aliphatic carbocycles. The van der Waals surface area contributed by atoms with E-state index in [4.69, 9.17) is 5.73 Å². The van der Waals surface area contributed by atoms with Crippen LogP contribution in [-0.2, 0) is 11.3 Å². The number of nitrogens with two attached hydrogens (primary N) is 1. The molecule has 0 atom stereocenters. The molecular weight excluding hydrogens is 235 g/mol. The molecule has 1 amide bonds. The van der Waals surface area contributed by atoms with E-state index in [2.05, 4.69) is 10.4 Å². The molecule has 18 heavy (non-hydrogen) atoms. The van der Waals surface area contributed by atoms with Crippen molar-refractivity contribution in [3.05, 3.63) is 42.0 Å². The standard InChI is InChI=1S/C12H13FN4O/c1-8-5-15-17(6-8)7-12(18)16-11-3-2-9(13)4-10(11)14/h2-6H,7,14H2,1H3,(H,16,18). The summed E-state index contributed by atoms with van der Waals surface area (Å²) in [7, 11) is 0. The third-order valence-electron chi connectivity index (χ3n) is 2.36. The van der Waals surface area contributed by atoms with E-state index in [1.165, 1.54) is 16.8 Å². The Morgan fingerprint density at radius 3 is 2.94 bits per heavy atom. The number of carbonyl (C=O) groups excluding carboxylic acids is 1. The van der Waals surface area contributed by atoms with Gasteiger partial charge in [0, 0.05) is 6.20 Å². The smallest absolute Gasteiger partial charge is 0.246 e. The molecule has 0 saturated heterocycles. The van der Waals surface area contributed by atoms with Gasteiger partial charge in [-0.05, 0) is 30.7 Å². The molecule has 1 aromatic carbocycles. The summed E-state index contributed by atoms with van der Waals surface area (Å²) in [5.74, 6) is -0.704. The number of aryl methyl sites for hydroxylation is 1. The summed E-state index contributed by atoms with van der Waals surface area (Å²) in [6.07, 6.45) is 3.42. The normalized spacial score (nSPS) is 10.3. The van der Waals surface area contributed by atoms with Crippen LogP contribution >= 0.6 is 0 Å². The van der Waals surface area contributed by atoms with Crippen LogP contribution in [0.25, 0.3) is 0 Å². The van der Waals surface area contributed by atoms with E-state index in [9.17, 15) is 9.18 Å². The average molecular weight is 248 g/mol. The van der Waals surface area contributed by atoms with Gasteiger partial charge in [0.25, 0.3) is 0 Å². The number of aromatic nitrogens is 2. The number of halogens is 1. The van der Waals surface area contributed by atoms with E-state index in [0.29, 0.717) is 5.69 Å². The van der Waals surface area contributed by atoms with Gasteiger partial charge in [0.15, 0.2) is 0 Å². The van der Waals surface area contributed by atoms with E-state index in [1.54, 1.807) is 12.4 Å². The molecule has 0 unspecified atom stereocenters. The molecule has 6 heteroatoms. The molecule has 5 nitrogen and oxygen atoms in total. The van der Waals surface area contributed by atoms with Gasteiger partial charge < -0.3 is 11.1 Å². The lowest BCUT2D eigenvalue weighted by Gasteiger charge is -2.08. The third-order valence-corrected chi connectivity index (χ3v) is 2.36. The summed E-state index contributed by atoms with van der Waals surface area (Å²) >= 11 is 0. The molecule has 2 rings (SSSR count). The van der Waals surface area contributed by atoms with E-state index < -0.39 is 5.82 Å². The molecule has 2 aromatic rings. The summed E-state index contributed by atoms with van der Waals surface area (Å²) < 4.78 is 14.3. The third kappa shape index (κ3) is 2.85. The van der Waals surface area contributed by atoms with Crippen molar-refractivity contribution in [2.75, 3.05) is 11.1 Å². The van der Waals surface area contributed by atoms with Gasteiger partial charge >= 0.3 is 0 Å². The number of amides is 1. The fourth-order valence-electron chi connectivity index (χ4n) is 1.54. The second kappa shape index (κ2) is 4.87. The van der Waals surface area contributed by atoms with Crippen LogP contribution in [-0.4, -0.2) is 15.7 Å². The Hall–Kier alpha value is -2.37. The van der Waals surface area contributed by atoms with Crippen LogP contribution in [0.15, 0.2) is 30.6 Å². The number of benzene rings is 1. The molecule has 0 aliphatic heterocycles. The number of hydrogen-bond acceptors (Lipinski definition) is 3. The maximum absolute atomic E-state index is 12.8. The van der Waals surface area contributed by atoms with Gasteiger partial charge in [-0.3, -0.25) is 9.48 Å². The minimum Gasteiger partial charge on any atom is -0.397 e. The first kappa shape index (κ1) is 12.1. The molecule has 0 spiro atoms. The fourth-order valence-corrected chi connectivity index (χ4v) is 1.54. The van der Waals surface area contributed by atoms with Crippen LogP contribution < -0.4 is 11.1 Å². The number of anilines is 2. The monoisotopic (exact) mass is 248 g/mol. The van der Waals surface area contributed by atoms with Gasteiger partial charge in [-0.15, -0.1) is 0 Å². The second-order valence-corrected chi connectivity index (χ2v) is 4.00. The van der Waals surface area contributed by atoms with Gasteiger partial charge in [-0.1, -0.05) is 0 Å². The summed E-state index contributed by atoms with van der Waals surface area (Å²) in [6, 6.07) is 3.83. The molecule has 1 aromatic heterocycles. The van der Waals surface area contributed by atoms with Crippen molar-refractivity contribution in [1.29, 1.82) is 0 Å². The van der Waals surface area contributed by atoms with Gasteiger partial charge in [0.1, 0.15) is 12.4 Å². The SMILES string of the molecule is Cc1cnn(CC(=O)Nc2ccc(F)cc2N)c1. The van der Waals surface area contributed by atoms with Crippen molar-refractivity contribution in [2.45, 2.75) is 13.5 Å². The van der Waals surface area contributed by atoms with Crippen molar-refractivity contribution in [2.24, 2.45) is 0 Å². The van der Waals surface area contributed by atoms with Gasteiger partial charge in [0.05, 0.1) is 17.6 Å². The number of hydrogen-bond donors (Lipinski definition) is 2. The lowest BCUT2D eigenvalue weighted by atomic mass is 10.2. The Labute approximate surface area is 103 Å². The topological polar surface area (TPSA) is 72.9 Å². The highest BCUT2D eigenvalue weighted by molar-refractivity contribution is 5.93. The maximum atomic E-state index is 12.8. The van der Waals surface area contributed by atoms with Gasteiger partial charge in [-0.25, -0.2) is 4.39 Å². The van der Waals surface area contributed by atoms with Crippen molar-refractivity contribution in [1.82, 2.24) is 9.78 Å². The van der Waals surface area contributed by atoms with Crippen molar-refractivity contribution in [3.8, 4) is 0 Å². The molecule has 3 N–H and O–H groups in total. The molecule has 94 valence electrons. The van der Waals surface area contributed by atoms with Crippen LogP contribution in [0.5, 0.6) is 0 Å². The van der Waals surface area contributed by atoms with E-state index in [-0.39, 0.29) is 18.1 Å². The molecule has 0 saturated carbocycles. The lowest BCUT2D eigenvalue weighted by molar-refractivity contribution is -0.116. The summed E-state index contributed by atoms with van der Waals surface area (Å²) in [5.41, 5.74) is 7.15. The maximum Gasteiger partial charge on any atom is 0.246 e. The van der Waals surface area contributed by atoms with Crippen LogP contribution in [0.1, 0.15) is 5.56 Å². The molecule has 1 heterocycles. The Balaban J connectivity index is 2.03. The van der Waals surface area contributed by atoms with Crippen LogP contribution in [0.2, 0.25) is 0 Å². The largest absolute Gasteiger partial charge is 0.397 e. The fraction of sp³-hybridized carbons (Fsp3) is 0.167. The molecule has 0 radical (unpaired) electrons. The summed E-state index contributed by atoms with van der Waals surface area (Å²) in [6.45, 7) is 1.98. The van der Waals surface area contributed by atoms with E-state index >= 15 is 0 Å². The molecule has 0 bridgehead atoms. The predicted octanol–water partition coefficient (Wildman–Crippen LogP) is 1.55. The quantitative estimate of drug-likeness (QED) is 0.809. The number of rotatable bonds is 3. The Morgan fingerprint density at radius 2 is 2.33 bits per heavy atom. The van der Waals surface area contributed by atoms with Gasteiger partial charge in [-0.2, -0.15) is 5.10 Å². The van der Waals surface area contributed by atoms with Crippen LogP contribution in [0.4, 0.5) is 15.8 Å². The molecular formula is C12H13FN4O. The highest BCUT2D eigenvalue weighted by Gasteiger charge is 2.07. The molecule has 0 aliphatic rings. The second-order valence-electron chi connectivity index (χ2n) is 4.00. The zero-order chi connectivity index (χ0) is 13.1. The predicted molar refractivity (Wildman–Crippen MR) is 66.4 cm³/mol. The van der Waals surface area contributed by atoms with Crippen molar-refractivity contribution >= 4 is 17.3 Å².